The van der Waals surface area contributed by atoms with Crippen LogP contribution < -0.4 is 0 Å². The predicted octanol–water partition coefficient (Wildman–Crippen LogP) is 4.09. The summed E-state index contributed by atoms with van der Waals surface area (Å²) in [4.78, 5) is 0. The summed E-state index contributed by atoms with van der Waals surface area (Å²) in [5, 5.41) is 11.8. The molecule has 88 valence electrons. The van der Waals surface area contributed by atoms with Crippen LogP contribution in [0, 0.1) is 5.41 Å². The Morgan fingerprint density at radius 1 is 1.38 bits per heavy atom. The van der Waals surface area contributed by atoms with E-state index in [1.807, 2.05) is 13.0 Å². The minimum absolute atomic E-state index is 0.0403. The molecule has 0 saturated heterocycles. The van der Waals surface area contributed by atoms with Crippen molar-refractivity contribution >= 4 is 23.2 Å². The van der Waals surface area contributed by atoms with Crippen molar-refractivity contribution in [3.05, 3.63) is 33.8 Å². The van der Waals surface area contributed by atoms with Gasteiger partial charge in [0, 0.05) is 16.5 Å². The molecule has 3 heteroatoms. The lowest BCUT2D eigenvalue weighted by molar-refractivity contribution is -0.00700. The van der Waals surface area contributed by atoms with Crippen molar-refractivity contribution in [3.8, 4) is 0 Å². The summed E-state index contributed by atoms with van der Waals surface area (Å²) < 4.78 is 0. The van der Waals surface area contributed by atoms with Crippen molar-refractivity contribution in [3.63, 3.8) is 0 Å². The van der Waals surface area contributed by atoms with E-state index in [-0.39, 0.29) is 5.41 Å². The van der Waals surface area contributed by atoms with Gasteiger partial charge in [-0.3, -0.25) is 0 Å². The zero-order valence-corrected chi connectivity index (χ0v) is 11.1. The van der Waals surface area contributed by atoms with Crippen LogP contribution in [-0.4, -0.2) is 10.7 Å². The molecule has 0 spiro atoms. The lowest BCUT2D eigenvalue weighted by atomic mass is 9.82. The lowest BCUT2D eigenvalue weighted by Gasteiger charge is -2.31. The molecule has 1 nitrogen and oxygen atoms in total. The third-order valence-corrected chi connectivity index (χ3v) is 4.45. The number of aliphatic hydroxyl groups is 1. The Morgan fingerprint density at radius 2 is 2.00 bits per heavy atom. The summed E-state index contributed by atoms with van der Waals surface area (Å²) in [6.45, 7) is 4.00. The van der Waals surface area contributed by atoms with Crippen LogP contribution in [0.2, 0.25) is 10.0 Å². The minimum atomic E-state index is -0.707. The van der Waals surface area contributed by atoms with E-state index in [9.17, 15) is 5.11 Å². The second kappa shape index (κ2) is 3.90. The van der Waals surface area contributed by atoms with Crippen LogP contribution in [0.5, 0.6) is 0 Å². The second-order valence-corrected chi connectivity index (χ2v) is 6.09. The molecule has 0 aromatic heterocycles. The molecule has 1 atom stereocenters. The van der Waals surface area contributed by atoms with Gasteiger partial charge in [0.25, 0.3) is 0 Å². The highest BCUT2D eigenvalue weighted by Crippen LogP contribution is 2.54. The molecule has 1 aromatic rings. The van der Waals surface area contributed by atoms with E-state index in [1.165, 1.54) is 0 Å². The predicted molar refractivity (Wildman–Crippen MR) is 68.1 cm³/mol. The first-order valence-corrected chi connectivity index (χ1v) is 6.26. The van der Waals surface area contributed by atoms with Gasteiger partial charge in [-0.05, 0) is 48.9 Å². The maximum atomic E-state index is 10.5. The van der Waals surface area contributed by atoms with E-state index in [4.69, 9.17) is 23.2 Å². The van der Waals surface area contributed by atoms with E-state index in [1.54, 1.807) is 12.1 Å². The van der Waals surface area contributed by atoms with Crippen LogP contribution in [0.3, 0.4) is 0 Å². The van der Waals surface area contributed by atoms with Crippen LogP contribution >= 0.6 is 23.2 Å². The molecule has 1 N–H and O–H groups in total. The van der Waals surface area contributed by atoms with Crippen LogP contribution in [-0.2, 0) is 6.42 Å². The third kappa shape index (κ3) is 2.22. The molecule has 2 rings (SSSR count). The minimum Gasteiger partial charge on any atom is -0.389 e. The van der Waals surface area contributed by atoms with Gasteiger partial charge in [0.1, 0.15) is 0 Å². The van der Waals surface area contributed by atoms with E-state index in [2.05, 4.69) is 6.92 Å². The molecule has 1 aliphatic carbocycles. The molecule has 1 aliphatic rings. The highest BCUT2D eigenvalue weighted by atomic mass is 35.5. The molecule has 1 fully saturated rings. The summed E-state index contributed by atoms with van der Waals surface area (Å²) in [6.07, 6.45) is 2.72. The van der Waals surface area contributed by atoms with Gasteiger partial charge < -0.3 is 5.11 Å². The van der Waals surface area contributed by atoms with Crippen LogP contribution in [0.25, 0.3) is 0 Å². The highest BCUT2D eigenvalue weighted by molar-refractivity contribution is 6.33. The van der Waals surface area contributed by atoms with Gasteiger partial charge in [0.05, 0.1) is 5.60 Å². The summed E-state index contributed by atoms with van der Waals surface area (Å²) in [6, 6.07) is 5.38. The van der Waals surface area contributed by atoms with Gasteiger partial charge >= 0.3 is 0 Å². The fraction of sp³-hybridized carbons (Fsp3) is 0.538. The maximum Gasteiger partial charge on any atom is 0.0713 e. The first kappa shape index (κ1) is 12.2. The molecule has 0 amide bonds. The molecule has 0 aliphatic heterocycles. The summed E-state index contributed by atoms with van der Waals surface area (Å²) in [5.74, 6) is 0. The fourth-order valence-electron chi connectivity index (χ4n) is 1.99. The molecule has 16 heavy (non-hydrogen) atoms. The molecule has 1 aromatic carbocycles. The van der Waals surface area contributed by atoms with E-state index < -0.39 is 5.60 Å². The Hall–Kier alpha value is -0.240. The number of halogens is 2. The monoisotopic (exact) mass is 258 g/mol. The Labute approximate surface area is 106 Å². The Morgan fingerprint density at radius 3 is 2.56 bits per heavy atom. The Bertz CT molecular complexity index is 408. The molecule has 0 heterocycles. The van der Waals surface area contributed by atoms with Crippen LogP contribution in [0.15, 0.2) is 18.2 Å². The van der Waals surface area contributed by atoms with Gasteiger partial charge in [0.15, 0.2) is 0 Å². The molecule has 0 bridgehead atoms. The zero-order chi connectivity index (χ0) is 12.0. The maximum absolute atomic E-state index is 10.5. The third-order valence-electron chi connectivity index (χ3n) is 3.84. The number of benzene rings is 1. The smallest absolute Gasteiger partial charge is 0.0713 e. The first-order valence-electron chi connectivity index (χ1n) is 5.50. The summed E-state index contributed by atoms with van der Waals surface area (Å²) in [7, 11) is 0. The molecular weight excluding hydrogens is 243 g/mol. The van der Waals surface area contributed by atoms with Gasteiger partial charge in [-0.1, -0.05) is 30.1 Å². The number of rotatable bonds is 3. The largest absolute Gasteiger partial charge is 0.389 e. The molecular formula is C13H16Cl2O. The Balaban J connectivity index is 2.23. The average molecular weight is 259 g/mol. The van der Waals surface area contributed by atoms with Crippen molar-refractivity contribution < 1.29 is 5.11 Å². The van der Waals surface area contributed by atoms with E-state index >= 15 is 0 Å². The lowest BCUT2D eigenvalue weighted by Crippen LogP contribution is -2.36. The quantitative estimate of drug-likeness (QED) is 0.866. The number of hydrogen-bond acceptors (Lipinski definition) is 1. The van der Waals surface area contributed by atoms with Gasteiger partial charge in [-0.25, -0.2) is 0 Å². The summed E-state index contributed by atoms with van der Waals surface area (Å²) >= 11 is 12.0. The fourth-order valence-corrected chi connectivity index (χ4v) is 2.37. The van der Waals surface area contributed by atoms with Crippen LogP contribution in [0.4, 0.5) is 0 Å². The average Bonchev–Trinajstić information content (AvgIpc) is 2.91. The molecule has 0 radical (unpaired) electrons. The SMILES string of the molecule is CC(O)(Cc1cc(Cl)ccc1Cl)C1(C)CC1. The van der Waals surface area contributed by atoms with Crippen molar-refractivity contribution in [1.29, 1.82) is 0 Å². The van der Waals surface area contributed by atoms with Crippen LogP contribution in [0.1, 0.15) is 32.3 Å². The van der Waals surface area contributed by atoms with Crippen molar-refractivity contribution in [2.24, 2.45) is 5.41 Å². The number of hydrogen-bond donors (Lipinski definition) is 1. The highest BCUT2D eigenvalue weighted by Gasteiger charge is 2.52. The van der Waals surface area contributed by atoms with Gasteiger partial charge in [0.2, 0.25) is 0 Å². The van der Waals surface area contributed by atoms with Gasteiger partial charge in [-0.2, -0.15) is 0 Å². The van der Waals surface area contributed by atoms with E-state index in [0.29, 0.717) is 16.5 Å². The van der Waals surface area contributed by atoms with Crippen molar-refractivity contribution in [1.82, 2.24) is 0 Å². The van der Waals surface area contributed by atoms with Gasteiger partial charge in [-0.15, -0.1) is 0 Å². The first-order chi connectivity index (χ1) is 7.34. The zero-order valence-electron chi connectivity index (χ0n) is 9.56. The van der Waals surface area contributed by atoms with Crippen molar-refractivity contribution in [2.75, 3.05) is 0 Å². The van der Waals surface area contributed by atoms with E-state index in [0.717, 1.165) is 18.4 Å². The molecule has 1 saturated carbocycles. The standard InChI is InChI=1S/C13H16Cl2O/c1-12(5-6-12)13(2,16)8-9-7-10(14)3-4-11(9)15/h3-4,7,16H,5-6,8H2,1-2H3. The normalized spacial score (nSPS) is 21.6. The summed E-state index contributed by atoms with van der Waals surface area (Å²) in [5.41, 5.74) is 0.257. The Kier molecular flexibility index (Phi) is 2.98. The topological polar surface area (TPSA) is 20.2 Å². The molecule has 1 unspecified atom stereocenters. The van der Waals surface area contributed by atoms with Crippen molar-refractivity contribution in [2.45, 2.75) is 38.7 Å². The second-order valence-electron chi connectivity index (χ2n) is 5.25.